The van der Waals surface area contributed by atoms with Gasteiger partial charge in [0.1, 0.15) is 11.6 Å². The molecule has 0 aliphatic carbocycles. The number of carbonyl (C=O) groups excluding carboxylic acids is 1. The van der Waals surface area contributed by atoms with Gasteiger partial charge in [-0.1, -0.05) is 13.3 Å². The molecule has 0 amide bonds. The summed E-state index contributed by atoms with van der Waals surface area (Å²) in [4.78, 5) is 14.0. The number of hydrogen-bond acceptors (Lipinski definition) is 2. The Bertz CT molecular complexity index is 461. The van der Waals surface area contributed by atoms with Crippen LogP contribution in [0, 0.1) is 17.6 Å². The summed E-state index contributed by atoms with van der Waals surface area (Å²) in [7, 11) is 0. The van der Waals surface area contributed by atoms with Crippen molar-refractivity contribution in [3.63, 3.8) is 0 Å². The van der Waals surface area contributed by atoms with Gasteiger partial charge in [-0.3, -0.25) is 9.69 Å². The lowest BCUT2D eigenvalue weighted by Gasteiger charge is -2.15. The maximum Gasteiger partial charge on any atom is 0.179 e. The van der Waals surface area contributed by atoms with E-state index in [1.165, 1.54) is 6.42 Å². The molecule has 1 unspecified atom stereocenters. The van der Waals surface area contributed by atoms with Crippen LogP contribution in [0.4, 0.5) is 8.78 Å². The standard InChI is InChI=1S/C15H19F2NO/c1-2-3-11-6-7-18(9-11)10-15(19)13-8-12(16)4-5-14(13)17/h4-5,8,11H,2-3,6-7,9-10H2,1H3. The first kappa shape index (κ1) is 14.1. The molecule has 4 heteroatoms. The van der Waals surface area contributed by atoms with Crippen molar-refractivity contribution in [2.24, 2.45) is 5.92 Å². The number of rotatable bonds is 5. The first-order valence-corrected chi connectivity index (χ1v) is 6.80. The van der Waals surface area contributed by atoms with E-state index >= 15 is 0 Å². The highest BCUT2D eigenvalue weighted by atomic mass is 19.1. The fourth-order valence-electron chi connectivity index (χ4n) is 2.70. The average molecular weight is 267 g/mol. The van der Waals surface area contributed by atoms with Crippen molar-refractivity contribution in [3.05, 3.63) is 35.4 Å². The highest BCUT2D eigenvalue weighted by Crippen LogP contribution is 2.21. The van der Waals surface area contributed by atoms with Crippen LogP contribution < -0.4 is 0 Å². The van der Waals surface area contributed by atoms with Gasteiger partial charge in [-0.25, -0.2) is 8.78 Å². The van der Waals surface area contributed by atoms with E-state index in [9.17, 15) is 13.6 Å². The fourth-order valence-corrected chi connectivity index (χ4v) is 2.70. The van der Waals surface area contributed by atoms with Crippen molar-refractivity contribution in [1.82, 2.24) is 4.90 Å². The lowest BCUT2D eigenvalue weighted by molar-refractivity contribution is 0.0938. The molecule has 1 saturated heterocycles. The zero-order chi connectivity index (χ0) is 13.8. The Kier molecular flexibility index (Phi) is 4.64. The zero-order valence-corrected chi connectivity index (χ0v) is 11.2. The van der Waals surface area contributed by atoms with E-state index in [1.807, 2.05) is 4.90 Å². The van der Waals surface area contributed by atoms with Gasteiger partial charge in [0.2, 0.25) is 0 Å². The molecule has 19 heavy (non-hydrogen) atoms. The lowest BCUT2D eigenvalue weighted by Crippen LogP contribution is -2.28. The minimum Gasteiger partial charge on any atom is -0.296 e. The third-order valence-corrected chi connectivity index (χ3v) is 3.66. The Balaban J connectivity index is 1.96. The van der Waals surface area contributed by atoms with Crippen LogP contribution >= 0.6 is 0 Å². The molecular weight excluding hydrogens is 248 g/mol. The van der Waals surface area contributed by atoms with E-state index in [0.717, 1.165) is 44.1 Å². The molecule has 2 nitrogen and oxygen atoms in total. The van der Waals surface area contributed by atoms with Crippen LogP contribution in [0.5, 0.6) is 0 Å². The summed E-state index contributed by atoms with van der Waals surface area (Å²) in [5.74, 6) is -0.921. The summed E-state index contributed by atoms with van der Waals surface area (Å²) >= 11 is 0. The van der Waals surface area contributed by atoms with Crippen molar-refractivity contribution in [1.29, 1.82) is 0 Å². The SMILES string of the molecule is CCCC1CCN(CC(=O)c2cc(F)ccc2F)C1. The normalized spacial score (nSPS) is 19.8. The average Bonchev–Trinajstić information content (AvgIpc) is 2.80. The van der Waals surface area contributed by atoms with Crippen LogP contribution in [-0.2, 0) is 0 Å². The maximum absolute atomic E-state index is 13.5. The van der Waals surface area contributed by atoms with Crippen molar-refractivity contribution >= 4 is 5.78 Å². The van der Waals surface area contributed by atoms with Gasteiger partial charge >= 0.3 is 0 Å². The predicted molar refractivity (Wildman–Crippen MR) is 70.1 cm³/mol. The summed E-state index contributed by atoms with van der Waals surface area (Å²) in [6.45, 7) is 4.08. The quantitative estimate of drug-likeness (QED) is 0.763. The molecule has 0 N–H and O–H groups in total. The predicted octanol–water partition coefficient (Wildman–Crippen LogP) is 3.27. The van der Waals surface area contributed by atoms with Gasteiger partial charge in [0, 0.05) is 6.54 Å². The molecule has 1 heterocycles. The Morgan fingerprint density at radius 2 is 2.21 bits per heavy atom. The van der Waals surface area contributed by atoms with Crippen LogP contribution in [0.1, 0.15) is 36.5 Å². The van der Waals surface area contributed by atoms with Crippen LogP contribution in [-0.4, -0.2) is 30.3 Å². The largest absolute Gasteiger partial charge is 0.296 e. The van der Waals surface area contributed by atoms with E-state index in [4.69, 9.17) is 0 Å². The minimum absolute atomic E-state index is 0.140. The first-order chi connectivity index (χ1) is 9.10. The maximum atomic E-state index is 13.5. The third-order valence-electron chi connectivity index (χ3n) is 3.66. The number of benzene rings is 1. The highest BCUT2D eigenvalue weighted by Gasteiger charge is 2.24. The summed E-state index contributed by atoms with van der Waals surface area (Å²) < 4.78 is 26.5. The topological polar surface area (TPSA) is 20.3 Å². The minimum atomic E-state index is -0.643. The number of likely N-dealkylation sites (tertiary alicyclic amines) is 1. The van der Waals surface area contributed by atoms with Gasteiger partial charge in [-0.15, -0.1) is 0 Å². The molecule has 1 atom stereocenters. The Hall–Kier alpha value is -1.29. The van der Waals surface area contributed by atoms with E-state index in [1.54, 1.807) is 0 Å². The van der Waals surface area contributed by atoms with Crippen molar-refractivity contribution in [3.8, 4) is 0 Å². The number of Topliss-reactive ketones (excluding diaryl/α,β-unsaturated/α-hetero) is 1. The molecule has 1 fully saturated rings. The summed E-state index contributed by atoms with van der Waals surface area (Å²) in [5, 5.41) is 0. The Morgan fingerprint density at radius 1 is 1.42 bits per heavy atom. The summed E-state index contributed by atoms with van der Waals surface area (Å²) in [5.41, 5.74) is -0.140. The van der Waals surface area contributed by atoms with Gasteiger partial charge < -0.3 is 0 Å². The summed E-state index contributed by atoms with van der Waals surface area (Å²) in [6, 6.07) is 3.02. The van der Waals surface area contributed by atoms with E-state index < -0.39 is 11.6 Å². The Labute approximate surface area is 112 Å². The second-order valence-corrected chi connectivity index (χ2v) is 5.23. The summed E-state index contributed by atoms with van der Waals surface area (Å²) in [6.07, 6.45) is 3.40. The lowest BCUT2D eigenvalue weighted by atomic mass is 10.0. The molecule has 0 bridgehead atoms. The van der Waals surface area contributed by atoms with Gasteiger partial charge in [-0.2, -0.15) is 0 Å². The molecule has 0 spiro atoms. The number of halogens is 2. The number of hydrogen-bond donors (Lipinski definition) is 0. The molecule has 0 radical (unpaired) electrons. The molecule has 1 aliphatic heterocycles. The van der Waals surface area contributed by atoms with Crippen LogP contribution in [0.25, 0.3) is 0 Å². The second-order valence-electron chi connectivity index (χ2n) is 5.23. The molecule has 0 saturated carbocycles. The van der Waals surface area contributed by atoms with Gasteiger partial charge in [0.15, 0.2) is 5.78 Å². The van der Waals surface area contributed by atoms with E-state index in [2.05, 4.69) is 6.92 Å². The number of carbonyl (C=O) groups is 1. The molecule has 1 aliphatic rings. The van der Waals surface area contributed by atoms with Gasteiger partial charge in [0.25, 0.3) is 0 Å². The molecular formula is C15H19F2NO. The third kappa shape index (κ3) is 3.60. The monoisotopic (exact) mass is 267 g/mol. The molecule has 1 aromatic carbocycles. The smallest absolute Gasteiger partial charge is 0.179 e. The molecule has 104 valence electrons. The van der Waals surface area contributed by atoms with Crippen LogP contribution in [0.15, 0.2) is 18.2 Å². The molecule has 1 aromatic rings. The Morgan fingerprint density at radius 3 is 2.95 bits per heavy atom. The highest BCUT2D eigenvalue weighted by molar-refractivity contribution is 5.97. The second kappa shape index (κ2) is 6.24. The number of ketones is 1. The van der Waals surface area contributed by atoms with E-state index in [-0.39, 0.29) is 17.9 Å². The first-order valence-electron chi connectivity index (χ1n) is 6.80. The number of nitrogens with zero attached hydrogens (tertiary/aromatic N) is 1. The van der Waals surface area contributed by atoms with Crippen LogP contribution in [0.2, 0.25) is 0 Å². The van der Waals surface area contributed by atoms with Crippen molar-refractivity contribution in [2.75, 3.05) is 19.6 Å². The zero-order valence-electron chi connectivity index (χ0n) is 11.2. The van der Waals surface area contributed by atoms with E-state index in [0.29, 0.717) is 5.92 Å². The van der Waals surface area contributed by atoms with Crippen LogP contribution in [0.3, 0.4) is 0 Å². The van der Waals surface area contributed by atoms with Gasteiger partial charge in [0.05, 0.1) is 12.1 Å². The van der Waals surface area contributed by atoms with Crippen molar-refractivity contribution < 1.29 is 13.6 Å². The van der Waals surface area contributed by atoms with Crippen molar-refractivity contribution in [2.45, 2.75) is 26.2 Å². The fraction of sp³-hybridized carbons (Fsp3) is 0.533. The van der Waals surface area contributed by atoms with Gasteiger partial charge in [-0.05, 0) is 43.5 Å². The molecule has 2 rings (SSSR count). The molecule has 0 aromatic heterocycles.